The molecule has 0 heterocycles. The molecule has 8 heavy (non-hydrogen) atoms. The van der Waals surface area contributed by atoms with Crippen molar-refractivity contribution in [1.29, 1.82) is 0 Å². The number of nitrogens with zero attached hydrogens (tertiary/aromatic N) is 1. The van der Waals surface area contributed by atoms with Crippen molar-refractivity contribution in [1.82, 2.24) is 0 Å². The minimum Gasteiger partial charge on any atom is -0.564 e. The molecule has 0 saturated heterocycles. The number of hydroxylamine groups is 3. The molecule has 0 aromatic rings. The van der Waals surface area contributed by atoms with Crippen LogP contribution < -0.4 is 0 Å². The summed E-state index contributed by atoms with van der Waals surface area (Å²) in [5.41, 5.74) is 0. The van der Waals surface area contributed by atoms with E-state index in [9.17, 15) is 5.21 Å². The topological polar surface area (TPSA) is 63.5 Å². The maximum absolute atomic E-state index is 9.91. The molecule has 0 radical (unpaired) electrons. The zero-order valence-corrected chi connectivity index (χ0v) is 4.87. The van der Waals surface area contributed by atoms with Gasteiger partial charge >= 0.3 is 0 Å². The first-order valence-electron chi connectivity index (χ1n) is 2.61. The van der Waals surface area contributed by atoms with Crippen molar-refractivity contribution in [2.45, 2.75) is 19.8 Å². The van der Waals surface area contributed by atoms with Gasteiger partial charge in [0, 0.05) is 6.42 Å². The molecule has 0 aromatic carbocycles. The number of unbranched alkanes of at least 4 members (excludes halogenated alkanes) is 1. The van der Waals surface area contributed by atoms with E-state index >= 15 is 0 Å². The van der Waals surface area contributed by atoms with Gasteiger partial charge < -0.3 is 5.21 Å². The second-order valence-corrected chi connectivity index (χ2v) is 1.74. The maximum Gasteiger partial charge on any atom is 0.142 e. The van der Waals surface area contributed by atoms with Crippen LogP contribution in [0, 0.1) is 5.21 Å². The number of hydrogen-bond donors (Lipinski definition) is 2. The summed E-state index contributed by atoms with van der Waals surface area (Å²) in [6.45, 7) is 1.73. The van der Waals surface area contributed by atoms with Crippen LogP contribution in [0.1, 0.15) is 19.8 Å². The van der Waals surface area contributed by atoms with E-state index in [4.69, 9.17) is 10.4 Å². The van der Waals surface area contributed by atoms with Crippen molar-refractivity contribution >= 4 is 0 Å². The fourth-order valence-corrected chi connectivity index (χ4v) is 0.364. The van der Waals surface area contributed by atoms with Gasteiger partial charge in [0.1, 0.15) is 6.54 Å². The van der Waals surface area contributed by atoms with Crippen molar-refractivity contribution in [3.05, 3.63) is 5.21 Å². The number of hydrogen-bond acceptors (Lipinski definition) is 3. The highest BCUT2D eigenvalue weighted by Gasteiger charge is 2.05. The van der Waals surface area contributed by atoms with Gasteiger partial charge in [-0.25, -0.2) is 0 Å². The second-order valence-electron chi connectivity index (χ2n) is 1.74. The smallest absolute Gasteiger partial charge is 0.142 e. The molecule has 0 saturated carbocycles. The van der Waals surface area contributed by atoms with E-state index < -0.39 is 4.97 Å². The highest BCUT2D eigenvalue weighted by molar-refractivity contribution is 4.27. The highest BCUT2D eigenvalue weighted by atomic mass is 17.1. The summed E-state index contributed by atoms with van der Waals surface area (Å²) in [4.78, 5) is -2.14. The Bertz CT molecular complexity index is 58.8. The quantitative estimate of drug-likeness (QED) is 0.430. The molecule has 0 aromatic heterocycles. The fourth-order valence-electron chi connectivity index (χ4n) is 0.364. The minimum absolute atomic E-state index is 0.142. The van der Waals surface area contributed by atoms with Crippen molar-refractivity contribution < 1.29 is 15.4 Å². The molecule has 0 spiro atoms. The third-order valence-electron chi connectivity index (χ3n) is 0.803. The standard InChI is InChI=1S/C4H11NO3/c1-2-3-4-5(6,7)8/h6-7H,2-4H2,1H3. The van der Waals surface area contributed by atoms with Crippen LogP contribution in [0.2, 0.25) is 0 Å². The third kappa shape index (κ3) is 5.84. The maximum atomic E-state index is 9.91. The van der Waals surface area contributed by atoms with E-state index in [0.29, 0.717) is 6.42 Å². The van der Waals surface area contributed by atoms with Crippen LogP contribution in [0.4, 0.5) is 0 Å². The Morgan fingerprint density at radius 3 is 2.12 bits per heavy atom. The number of quaternary nitrogens is 1. The van der Waals surface area contributed by atoms with Crippen LogP contribution >= 0.6 is 0 Å². The van der Waals surface area contributed by atoms with Gasteiger partial charge in [0.2, 0.25) is 0 Å². The molecule has 0 fully saturated rings. The Labute approximate surface area is 48.0 Å². The van der Waals surface area contributed by atoms with E-state index in [1.165, 1.54) is 0 Å². The Balaban J connectivity index is 3.11. The summed E-state index contributed by atoms with van der Waals surface area (Å²) < 4.78 is 0. The molecule has 4 nitrogen and oxygen atoms in total. The van der Waals surface area contributed by atoms with E-state index in [1.54, 1.807) is 0 Å². The normalized spacial score (nSPS) is 12.0. The Morgan fingerprint density at radius 1 is 1.50 bits per heavy atom. The van der Waals surface area contributed by atoms with Crippen molar-refractivity contribution in [2.24, 2.45) is 0 Å². The molecule has 0 amide bonds. The summed E-state index contributed by atoms with van der Waals surface area (Å²) in [5, 5.41) is 26.1. The molecule has 0 aliphatic carbocycles. The van der Waals surface area contributed by atoms with Crippen LogP contribution in [0.3, 0.4) is 0 Å². The van der Waals surface area contributed by atoms with Crippen molar-refractivity contribution in [3.63, 3.8) is 0 Å². The molecule has 2 N–H and O–H groups in total. The Kier molecular flexibility index (Phi) is 2.93. The van der Waals surface area contributed by atoms with Gasteiger partial charge in [-0.05, 0) is 0 Å². The van der Waals surface area contributed by atoms with Crippen molar-refractivity contribution in [2.75, 3.05) is 6.54 Å². The molecule has 0 aliphatic heterocycles. The number of rotatable bonds is 3. The summed E-state index contributed by atoms with van der Waals surface area (Å²) in [7, 11) is 0. The average Bonchev–Trinajstić information content (AvgIpc) is 1.59. The first-order valence-corrected chi connectivity index (χ1v) is 2.61. The molecular weight excluding hydrogens is 110 g/mol. The second kappa shape index (κ2) is 2.99. The van der Waals surface area contributed by atoms with Crippen LogP contribution in [-0.2, 0) is 0 Å². The first-order chi connectivity index (χ1) is 3.56. The third-order valence-corrected chi connectivity index (χ3v) is 0.803. The van der Waals surface area contributed by atoms with Crippen LogP contribution in [-0.4, -0.2) is 21.9 Å². The van der Waals surface area contributed by atoms with Gasteiger partial charge in [0.25, 0.3) is 0 Å². The average molecular weight is 121 g/mol. The Hall–Kier alpha value is -0.160. The summed E-state index contributed by atoms with van der Waals surface area (Å²) in [6.07, 6.45) is 1.33. The zero-order chi connectivity index (χ0) is 6.62. The van der Waals surface area contributed by atoms with Gasteiger partial charge in [0.15, 0.2) is 0 Å². The Morgan fingerprint density at radius 2 is 2.00 bits per heavy atom. The predicted octanol–water partition coefficient (Wildman–Crippen LogP) is 0.879. The summed E-state index contributed by atoms with van der Waals surface area (Å²) >= 11 is 0. The zero-order valence-electron chi connectivity index (χ0n) is 4.87. The first kappa shape index (κ1) is 7.84. The van der Waals surface area contributed by atoms with Crippen LogP contribution in [0.15, 0.2) is 0 Å². The lowest BCUT2D eigenvalue weighted by molar-refractivity contribution is -1.21. The highest BCUT2D eigenvalue weighted by Crippen LogP contribution is 1.95. The minimum atomic E-state index is -2.14. The van der Waals surface area contributed by atoms with Gasteiger partial charge in [-0.3, -0.25) is 0 Å². The molecule has 0 bridgehead atoms. The SMILES string of the molecule is CCCC[N+]([O-])(O)O. The van der Waals surface area contributed by atoms with Crippen LogP contribution in [0.5, 0.6) is 0 Å². The van der Waals surface area contributed by atoms with Gasteiger partial charge in [-0.2, -0.15) is 10.4 Å². The lowest BCUT2D eigenvalue weighted by Crippen LogP contribution is -2.34. The fraction of sp³-hybridized carbons (Fsp3) is 1.00. The molecule has 0 rings (SSSR count). The predicted molar refractivity (Wildman–Crippen MR) is 27.0 cm³/mol. The summed E-state index contributed by atoms with van der Waals surface area (Å²) in [5.74, 6) is 0. The molecule has 0 unspecified atom stereocenters. The van der Waals surface area contributed by atoms with Gasteiger partial charge in [-0.15, -0.1) is 0 Å². The van der Waals surface area contributed by atoms with Crippen molar-refractivity contribution in [3.8, 4) is 0 Å². The largest absolute Gasteiger partial charge is 0.564 e. The lowest BCUT2D eigenvalue weighted by Gasteiger charge is -2.22. The molecule has 50 valence electrons. The lowest BCUT2D eigenvalue weighted by atomic mass is 10.3. The molecule has 0 aliphatic rings. The van der Waals surface area contributed by atoms with Gasteiger partial charge in [0.05, 0.1) is 0 Å². The van der Waals surface area contributed by atoms with E-state index in [-0.39, 0.29) is 6.54 Å². The monoisotopic (exact) mass is 121 g/mol. The molecule has 4 heteroatoms. The summed E-state index contributed by atoms with van der Waals surface area (Å²) in [6, 6.07) is 0. The van der Waals surface area contributed by atoms with E-state index in [2.05, 4.69) is 0 Å². The van der Waals surface area contributed by atoms with Crippen LogP contribution in [0.25, 0.3) is 0 Å². The van der Waals surface area contributed by atoms with E-state index in [0.717, 1.165) is 6.42 Å². The van der Waals surface area contributed by atoms with E-state index in [1.807, 2.05) is 6.92 Å². The molecule has 0 atom stereocenters. The molecular formula is C4H11NO3. The van der Waals surface area contributed by atoms with Gasteiger partial charge in [-0.1, -0.05) is 18.3 Å².